The first-order valence-electron chi connectivity index (χ1n) is 9.36. The smallest absolute Gasteiger partial charge is 0.329 e. The standard InChI is InChI=1S/C21H24FN3O3/c1-3-24-17-9-5-6-10-18(17)25(21(24)27)13-12-20(26)23-15(2)14-28-19-11-7-4-8-16(19)22/h4-11,15H,3,12-14H2,1-2H3,(H,23,26). The molecule has 0 aliphatic carbocycles. The Balaban J connectivity index is 1.57. The van der Waals surface area contributed by atoms with Crippen LogP contribution in [-0.2, 0) is 17.9 Å². The molecule has 0 aliphatic heterocycles. The predicted molar refractivity (Wildman–Crippen MR) is 106 cm³/mol. The van der Waals surface area contributed by atoms with Gasteiger partial charge in [0.05, 0.1) is 17.1 Å². The van der Waals surface area contributed by atoms with E-state index in [0.717, 1.165) is 11.0 Å². The fraction of sp³-hybridized carbons (Fsp3) is 0.333. The van der Waals surface area contributed by atoms with Gasteiger partial charge in [0, 0.05) is 19.5 Å². The summed E-state index contributed by atoms with van der Waals surface area (Å²) in [6.45, 7) is 4.72. The number of nitrogens with zero attached hydrogens (tertiary/aromatic N) is 2. The molecule has 1 amide bonds. The summed E-state index contributed by atoms with van der Waals surface area (Å²) in [5, 5.41) is 2.82. The van der Waals surface area contributed by atoms with Gasteiger partial charge in [-0.15, -0.1) is 0 Å². The van der Waals surface area contributed by atoms with Crippen molar-refractivity contribution >= 4 is 16.9 Å². The van der Waals surface area contributed by atoms with Gasteiger partial charge in [-0.1, -0.05) is 24.3 Å². The van der Waals surface area contributed by atoms with E-state index in [1.807, 2.05) is 31.2 Å². The lowest BCUT2D eigenvalue weighted by molar-refractivity contribution is -0.122. The molecule has 28 heavy (non-hydrogen) atoms. The number of para-hydroxylation sites is 3. The summed E-state index contributed by atoms with van der Waals surface area (Å²) >= 11 is 0. The summed E-state index contributed by atoms with van der Waals surface area (Å²) in [6.07, 6.45) is 0.168. The molecule has 0 saturated heterocycles. The highest BCUT2D eigenvalue weighted by atomic mass is 19.1. The van der Waals surface area contributed by atoms with E-state index in [-0.39, 0.29) is 36.4 Å². The maximum Gasteiger partial charge on any atom is 0.329 e. The van der Waals surface area contributed by atoms with E-state index in [9.17, 15) is 14.0 Å². The van der Waals surface area contributed by atoms with Crippen molar-refractivity contribution in [3.8, 4) is 5.75 Å². The van der Waals surface area contributed by atoms with Crippen molar-refractivity contribution in [2.24, 2.45) is 0 Å². The van der Waals surface area contributed by atoms with Gasteiger partial charge in [-0.25, -0.2) is 9.18 Å². The van der Waals surface area contributed by atoms with Gasteiger partial charge in [0.15, 0.2) is 11.6 Å². The van der Waals surface area contributed by atoms with Crippen LogP contribution in [0.4, 0.5) is 4.39 Å². The lowest BCUT2D eigenvalue weighted by Crippen LogP contribution is -2.37. The second kappa shape index (κ2) is 8.73. The maximum absolute atomic E-state index is 13.6. The first-order chi connectivity index (χ1) is 13.5. The number of carbonyl (C=O) groups excluding carboxylic acids is 1. The number of ether oxygens (including phenoxy) is 1. The van der Waals surface area contributed by atoms with Crippen LogP contribution in [-0.4, -0.2) is 27.7 Å². The summed E-state index contributed by atoms with van der Waals surface area (Å²) < 4.78 is 22.3. The average Bonchev–Trinajstić information content (AvgIpc) is 2.96. The molecule has 0 spiro atoms. The molecule has 1 N–H and O–H groups in total. The number of hydrogen-bond donors (Lipinski definition) is 1. The van der Waals surface area contributed by atoms with Crippen LogP contribution in [0.5, 0.6) is 5.75 Å². The zero-order chi connectivity index (χ0) is 20.1. The zero-order valence-corrected chi connectivity index (χ0v) is 16.0. The van der Waals surface area contributed by atoms with Crippen molar-refractivity contribution in [1.29, 1.82) is 0 Å². The molecule has 3 aromatic rings. The van der Waals surface area contributed by atoms with E-state index < -0.39 is 5.82 Å². The largest absolute Gasteiger partial charge is 0.488 e. The fourth-order valence-corrected chi connectivity index (χ4v) is 3.17. The number of carbonyl (C=O) groups is 1. The van der Waals surface area contributed by atoms with Crippen molar-refractivity contribution in [3.63, 3.8) is 0 Å². The number of nitrogens with one attached hydrogen (secondary N) is 1. The maximum atomic E-state index is 13.6. The van der Waals surface area contributed by atoms with Crippen LogP contribution in [0.3, 0.4) is 0 Å². The topological polar surface area (TPSA) is 65.3 Å². The van der Waals surface area contributed by atoms with Crippen LogP contribution in [0.2, 0.25) is 0 Å². The minimum atomic E-state index is -0.437. The van der Waals surface area contributed by atoms with Crippen LogP contribution < -0.4 is 15.7 Å². The van der Waals surface area contributed by atoms with Gasteiger partial charge in [0.25, 0.3) is 0 Å². The lowest BCUT2D eigenvalue weighted by Gasteiger charge is -2.15. The molecule has 1 aromatic heterocycles. The van der Waals surface area contributed by atoms with Crippen molar-refractivity contribution in [3.05, 3.63) is 64.8 Å². The Hall–Kier alpha value is -3.09. The van der Waals surface area contributed by atoms with Gasteiger partial charge in [-0.05, 0) is 38.1 Å². The average molecular weight is 385 g/mol. The molecule has 2 aromatic carbocycles. The SMILES string of the molecule is CCn1c(=O)n(CCC(=O)NC(C)COc2ccccc2F)c2ccccc21. The van der Waals surface area contributed by atoms with E-state index in [1.54, 1.807) is 34.3 Å². The summed E-state index contributed by atoms with van der Waals surface area (Å²) in [5.41, 5.74) is 1.56. The normalized spacial score (nSPS) is 12.1. The molecule has 1 atom stereocenters. The molecule has 6 nitrogen and oxygen atoms in total. The Labute approximate surface area is 162 Å². The van der Waals surface area contributed by atoms with Crippen LogP contribution in [0, 0.1) is 5.82 Å². The summed E-state index contributed by atoms with van der Waals surface area (Å²) in [4.78, 5) is 24.9. The number of imidazole rings is 1. The van der Waals surface area contributed by atoms with Crippen LogP contribution >= 0.6 is 0 Å². The van der Waals surface area contributed by atoms with Gasteiger partial charge in [0.2, 0.25) is 5.91 Å². The van der Waals surface area contributed by atoms with Gasteiger partial charge in [-0.3, -0.25) is 13.9 Å². The molecule has 0 radical (unpaired) electrons. The molecule has 0 aliphatic rings. The number of hydrogen-bond acceptors (Lipinski definition) is 3. The number of fused-ring (bicyclic) bond motifs is 1. The van der Waals surface area contributed by atoms with Crippen LogP contribution in [0.25, 0.3) is 11.0 Å². The Kier molecular flexibility index (Phi) is 6.13. The minimum absolute atomic E-state index is 0.118. The predicted octanol–water partition coefficient (Wildman–Crippen LogP) is 2.94. The first kappa shape index (κ1) is 19.7. The highest BCUT2D eigenvalue weighted by molar-refractivity contribution is 5.78. The zero-order valence-electron chi connectivity index (χ0n) is 16.0. The third kappa shape index (κ3) is 4.24. The highest BCUT2D eigenvalue weighted by Crippen LogP contribution is 2.15. The third-order valence-corrected chi connectivity index (χ3v) is 4.54. The second-order valence-electron chi connectivity index (χ2n) is 6.63. The third-order valence-electron chi connectivity index (χ3n) is 4.54. The molecule has 0 bridgehead atoms. The van der Waals surface area contributed by atoms with Crippen LogP contribution in [0.15, 0.2) is 53.3 Å². The first-order valence-corrected chi connectivity index (χ1v) is 9.36. The van der Waals surface area contributed by atoms with Gasteiger partial charge >= 0.3 is 5.69 Å². The Bertz CT molecular complexity index is 1030. The summed E-state index contributed by atoms with van der Waals surface area (Å²) in [6, 6.07) is 13.4. The number of halogens is 1. The number of aryl methyl sites for hydroxylation is 2. The number of benzene rings is 2. The highest BCUT2D eigenvalue weighted by Gasteiger charge is 2.14. The van der Waals surface area contributed by atoms with Crippen molar-refractivity contribution in [2.45, 2.75) is 39.4 Å². The van der Waals surface area contributed by atoms with E-state index in [4.69, 9.17) is 4.74 Å². The van der Waals surface area contributed by atoms with E-state index in [1.165, 1.54) is 6.07 Å². The monoisotopic (exact) mass is 385 g/mol. The fourth-order valence-electron chi connectivity index (χ4n) is 3.17. The summed E-state index contributed by atoms with van der Waals surface area (Å²) in [5.74, 6) is -0.472. The number of rotatable bonds is 8. The van der Waals surface area contributed by atoms with E-state index in [2.05, 4.69) is 5.32 Å². The number of aromatic nitrogens is 2. The van der Waals surface area contributed by atoms with Gasteiger partial charge < -0.3 is 10.1 Å². The van der Waals surface area contributed by atoms with Gasteiger partial charge in [-0.2, -0.15) is 0 Å². The molecule has 7 heteroatoms. The summed E-state index contributed by atoms with van der Waals surface area (Å²) in [7, 11) is 0. The molecule has 0 fully saturated rings. The molecule has 0 saturated carbocycles. The molecular formula is C21H24FN3O3. The lowest BCUT2D eigenvalue weighted by atomic mass is 10.3. The van der Waals surface area contributed by atoms with Crippen molar-refractivity contribution in [2.75, 3.05) is 6.61 Å². The van der Waals surface area contributed by atoms with Gasteiger partial charge in [0.1, 0.15) is 6.61 Å². The van der Waals surface area contributed by atoms with E-state index in [0.29, 0.717) is 13.1 Å². The Morgan fingerprint density at radius 3 is 2.43 bits per heavy atom. The molecule has 148 valence electrons. The van der Waals surface area contributed by atoms with Crippen molar-refractivity contribution < 1.29 is 13.9 Å². The van der Waals surface area contributed by atoms with Crippen molar-refractivity contribution in [1.82, 2.24) is 14.5 Å². The quantitative estimate of drug-likeness (QED) is 0.648. The molecule has 1 unspecified atom stereocenters. The molecular weight excluding hydrogens is 361 g/mol. The van der Waals surface area contributed by atoms with E-state index >= 15 is 0 Å². The van der Waals surface area contributed by atoms with Crippen LogP contribution in [0.1, 0.15) is 20.3 Å². The Morgan fingerprint density at radius 2 is 1.75 bits per heavy atom. The second-order valence-corrected chi connectivity index (χ2v) is 6.63. The minimum Gasteiger partial charge on any atom is -0.488 e. The molecule has 3 rings (SSSR count). The molecule has 1 heterocycles. The number of amides is 1. The Morgan fingerprint density at radius 1 is 1.11 bits per heavy atom.